The van der Waals surface area contributed by atoms with Gasteiger partial charge in [0.05, 0.1) is 50.9 Å². The Balaban J connectivity index is 1.49. The highest BCUT2D eigenvalue weighted by Gasteiger charge is 2.31. The number of hydrogen-bond donors (Lipinski definition) is 1. The summed E-state index contributed by atoms with van der Waals surface area (Å²) in [6.45, 7) is 3.01. The van der Waals surface area contributed by atoms with Crippen LogP contribution in [0.4, 0.5) is 5.69 Å². The summed E-state index contributed by atoms with van der Waals surface area (Å²) in [5.41, 5.74) is 2.67. The smallest absolute Gasteiger partial charge is 0.262 e. The number of hydrogen-bond acceptors (Lipinski definition) is 8. The van der Waals surface area contributed by atoms with Gasteiger partial charge in [-0.3, -0.25) is 9.69 Å². The van der Waals surface area contributed by atoms with Gasteiger partial charge in [-0.15, -0.1) is 0 Å². The fraction of sp³-hybridized carbons (Fsp3) is 0.280. The molecule has 3 heterocycles. The van der Waals surface area contributed by atoms with E-state index in [4.69, 9.17) is 18.6 Å². The third-order valence-corrected chi connectivity index (χ3v) is 5.80. The molecule has 0 spiro atoms. The van der Waals surface area contributed by atoms with Gasteiger partial charge < -0.3 is 28.8 Å². The summed E-state index contributed by atoms with van der Waals surface area (Å²) < 4.78 is 22.0. The maximum absolute atomic E-state index is 13.7. The third kappa shape index (κ3) is 4.29. The molecule has 176 valence electrons. The first-order valence-electron chi connectivity index (χ1n) is 11.0. The average Bonchev–Trinajstić information content (AvgIpc) is 3.35. The summed E-state index contributed by atoms with van der Waals surface area (Å²) in [6, 6.07) is 13.1. The number of rotatable bonds is 6. The lowest BCUT2D eigenvalue weighted by molar-refractivity contribution is 0.0574. The van der Waals surface area contributed by atoms with E-state index in [1.54, 1.807) is 37.5 Å². The highest BCUT2D eigenvalue weighted by Crippen LogP contribution is 2.38. The molecule has 1 fully saturated rings. The van der Waals surface area contributed by atoms with Crippen LogP contribution in [0.25, 0.3) is 11.5 Å². The lowest BCUT2D eigenvalue weighted by Crippen LogP contribution is -2.40. The lowest BCUT2D eigenvalue weighted by atomic mass is 10.1. The Labute approximate surface area is 197 Å². The quantitative estimate of drug-likeness (QED) is 0.595. The number of benzene rings is 2. The van der Waals surface area contributed by atoms with Crippen molar-refractivity contribution in [2.24, 2.45) is 0 Å². The van der Waals surface area contributed by atoms with Crippen LogP contribution in [0.2, 0.25) is 0 Å². The molecule has 2 aliphatic heterocycles. The Morgan fingerprint density at radius 1 is 1.09 bits per heavy atom. The zero-order valence-electron chi connectivity index (χ0n) is 19.1. The number of carbonyl (C=O) groups is 1. The molecule has 0 atom stereocenters. The number of methoxy groups -OCH3 is 2. The van der Waals surface area contributed by atoms with Gasteiger partial charge in [0.2, 0.25) is 5.89 Å². The predicted octanol–water partition coefficient (Wildman–Crippen LogP) is 3.56. The first-order chi connectivity index (χ1) is 16.7. The van der Waals surface area contributed by atoms with Crippen LogP contribution in [0, 0.1) is 0 Å². The Kier molecular flexibility index (Phi) is 6.09. The van der Waals surface area contributed by atoms with Crippen LogP contribution in [0.3, 0.4) is 0 Å². The molecule has 3 aromatic rings. The fourth-order valence-electron chi connectivity index (χ4n) is 4.01. The van der Waals surface area contributed by atoms with Gasteiger partial charge in [0.25, 0.3) is 5.91 Å². The molecule has 5 rings (SSSR count). The number of nitrogens with one attached hydrogen (secondary N) is 1. The molecule has 9 nitrogen and oxygen atoms in total. The highest BCUT2D eigenvalue weighted by atomic mass is 16.5. The minimum Gasteiger partial charge on any atom is -0.493 e. The normalized spacial score (nSPS) is 16.9. The summed E-state index contributed by atoms with van der Waals surface area (Å²) in [5.74, 6) is 2.03. The zero-order chi connectivity index (χ0) is 23.5. The van der Waals surface area contributed by atoms with Gasteiger partial charge in [-0.1, -0.05) is 18.2 Å². The third-order valence-electron chi connectivity index (χ3n) is 5.80. The molecule has 0 aliphatic carbocycles. The molecular formula is C25H26N4O5. The van der Waals surface area contributed by atoms with Crippen molar-refractivity contribution in [2.75, 3.05) is 45.8 Å². The number of fused-ring (bicyclic) bond motifs is 1. The first kappa shape index (κ1) is 21.8. The molecule has 1 amide bonds. The molecule has 34 heavy (non-hydrogen) atoms. The fourth-order valence-corrected chi connectivity index (χ4v) is 4.01. The molecule has 1 saturated heterocycles. The number of anilines is 1. The second kappa shape index (κ2) is 9.48. The molecule has 2 aliphatic rings. The molecule has 0 saturated carbocycles. The maximum Gasteiger partial charge on any atom is 0.262 e. The van der Waals surface area contributed by atoms with Crippen molar-refractivity contribution in [2.45, 2.75) is 6.54 Å². The Hall–Kier alpha value is -3.98. The molecule has 0 radical (unpaired) electrons. The Morgan fingerprint density at radius 2 is 1.82 bits per heavy atom. The molecule has 1 N–H and O–H groups in total. The standard InChI is InChI=1S/C25H26N4O5/c1-31-21-12-19-20(13-22(21)32-2)27-23(15-28-8-10-33-11-9-28)29(25(19)30)14-18-16-34-24(26-18)17-6-4-3-5-7-17/h3-7,12-13,15-16,27H,8-11,14H2,1-2H3. The van der Waals surface area contributed by atoms with Gasteiger partial charge >= 0.3 is 0 Å². The van der Waals surface area contributed by atoms with Crippen LogP contribution in [0.1, 0.15) is 16.1 Å². The van der Waals surface area contributed by atoms with Crippen LogP contribution >= 0.6 is 0 Å². The van der Waals surface area contributed by atoms with Crippen LogP contribution in [0.15, 0.2) is 65.2 Å². The summed E-state index contributed by atoms with van der Waals surface area (Å²) in [7, 11) is 3.12. The minimum atomic E-state index is -0.168. The van der Waals surface area contributed by atoms with Crippen LogP contribution < -0.4 is 14.8 Å². The van der Waals surface area contributed by atoms with E-state index in [2.05, 4.69) is 15.2 Å². The van der Waals surface area contributed by atoms with Crippen LogP contribution in [-0.4, -0.2) is 61.2 Å². The van der Waals surface area contributed by atoms with Crippen LogP contribution in [-0.2, 0) is 11.3 Å². The van der Waals surface area contributed by atoms with Gasteiger partial charge in [-0.25, -0.2) is 4.98 Å². The van der Waals surface area contributed by atoms with Gasteiger partial charge in [-0.05, 0) is 18.2 Å². The van der Waals surface area contributed by atoms with E-state index in [1.807, 2.05) is 36.5 Å². The van der Waals surface area contributed by atoms with Crippen LogP contribution in [0.5, 0.6) is 11.5 Å². The summed E-state index contributed by atoms with van der Waals surface area (Å²) in [6.07, 6.45) is 3.55. The van der Waals surface area contributed by atoms with Crippen molar-refractivity contribution < 1.29 is 23.4 Å². The number of amides is 1. The first-order valence-corrected chi connectivity index (χ1v) is 11.0. The summed E-state index contributed by atoms with van der Waals surface area (Å²) in [4.78, 5) is 22.1. The van der Waals surface area contributed by atoms with Crippen molar-refractivity contribution in [3.05, 3.63) is 72.0 Å². The van der Waals surface area contributed by atoms with Gasteiger partial charge in [0, 0.05) is 30.9 Å². The number of oxazole rings is 1. The predicted molar refractivity (Wildman–Crippen MR) is 125 cm³/mol. The van der Waals surface area contributed by atoms with Crippen molar-refractivity contribution >= 4 is 11.6 Å². The number of morpholine rings is 1. The van der Waals surface area contributed by atoms with Crippen molar-refractivity contribution in [3.63, 3.8) is 0 Å². The van der Waals surface area contributed by atoms with E-state index < -0.39 is 0 Å². The maximum atomic E-state index is 13.7. The number of nitrogens with zero attached hydrogens (tertiary/aromatic N) is 3. The molecule has 0 bridgehead atoms. The molecule has 0 unspecified atom stereocenters. The molecule has 9 heteroatoms. The minimum absolute atomic E-state index is 0.168. The number of ether oxygens (including phenoxy) is 3. The second-order valence-corrected chi connectivity index (χ2v) is 7.94. The highest BCUT2D eigenvalue weighted by molar-refractivity contribution is 6.04. The molecule has 1 aromatic heterocycles. The van der Waals surface area contributed by atoms with E-state index in [0.29, 0.717) is 53.4 Å². The Bertz CT molecular complexity index is 1200. The summed E-state index contributed by atoms with van der Waals surface area (Å²) in [5, 5.41) is 3.40. The average molecular weight is 463 g/mol. The monoisotopic (exact) mass is 462 g/mol. The lowest BCUT2D eigenvalue weighted by Gasteiger charge is -2.34. The van der Waals surface area contributed by atoms with E-state index in [9.17, 15) is 4.79 Å². The largest absolute Gasteiger partial charge is 0.493 e. The topological polar surface area (TPSA) is 89.3 Å². The van der Waals surface area contributed by atoms with Crippen molar-refractivity contribution in [1.82, 2.24) is 14.8 Å². The van der Waals surface area contributed by atoms with E-state index in [-0.39, 0.29) is 12.5 Å². The second-order valence-electron chi connectivity index (χ2n) is 7.94. The van der Waals surface area contributed by atoms with E-state index in [1.165, 1.54) is 0 Å². The molecule has 2 aromatic carbocycles. The SMILES string of the molecule is COc1cc2c(cc1OC)C(=O)N(Cc1coc(-c3ccccc3)n1)C(=CN1CCOCC1)N2. The number of carbonyl (C=O) groups excluding carboxylic acids is 1. The van der Waals surface area contributed by atoms with E-state index in [0.717, 1.165) is 18.7 Å². The van der Waals surface area contributed by atoms with Gasteiger partial charge in [-0.2, -0.15) is 0 Å². The Morgan fingerprint density at radius 3 is 2.56 bits per heavy atom. The van der Waals surface area contributed by atoms with Gasteiger partial charge in [0.1, 0.15) is 12.1 Å². The summed E-state index contributed by atoms with van der Waals surface area (Å²) >= 11 is 0. The van der Waals surface area contributed by atoms with Gasteiger partial charge in [0.15, 0.2) is 11.5 Å². The molecular weight excluding hydrogens is 436 g/mol. The zero-order valence-corrected chi connectivity index (χ0v) is 19.1. The number of aromatic nitrogens is 1. The van der Waals surface area contributed by atoms with Crippen molar-refractivity contribution in [3.8, 4) is 23.0 Å². The van der Waals surface area contributed by atoms with E-state index >= 15 is 0 Å². The van der Waals surface area contributed by atoms with Crippen molar-refractivity contribution in [1.29, 1.82) is 0 Å².